The summed E-state index contributed by atoms with van der Waals surface area (Å²) in [6.45, 7) is 0. The van der Waals surface area contributed by atoms with E-state index in [1.807, 2.05) is 0 Å². The Labute approximate surface area is 122 Å². The van der Waals surface area contributed by atoms with E-state index < -0.39 is 0 Å². The van der Waals surface area contributed by atoms with Crippen molar-refractivity contribution in [3.05, 3.63) is 4.88 Å². The third kappa shape index (κ3) is 2.88. The number of carbonyl (C=O) groups is 1. The summed E-state index contributed by atoms with van der Waals surface area (Å²) < 4.78 is 5.39. The Balaban J connectivity index is 1.65. The molecule has 1 amide bonds. The van der Waals surface area contributed by atoms with Crippen molar-refractivity contribution in [1.29, 1.82) is 0 Å². The first kappa shape index (κ1) is 13.6. The average molecular weight is 296 g/mol. The maximum atomic E-state index is 12.3. The van der Waals surface area contributed by atoms with Crippen molar-refractivity contribution in [2.24, 2.45) is 0 Å². The minimum absolute atomic E-state index is 0.0776. The Morgan fingerprint density at radius 2 is 2.20 bits per heavy atom. The van der Waals surface area contributed by atoms with E-state index in [2.05, 4.69) is 15.6 Å². The van der Waals surface area contributed by atoms with Crippen LogP contribution in [0.5, 0.6) is 0 Å². The number of nitrogens with zero attached hydrogens (tertiary/aromatic N) is 1. The van der Waals surface area contributed by atoms with Crippen LogP contribution >= 0.6 is 11.3 Å². The number of nitrogens with two attached hydrogens (primary N) is 1. The van der Waals surface area contributed by atoms with Gasteiger partial charge in [-0.2, -0.15) is 0 Å². The van der Waals surface area contributed by atoms with Gasteiger partial charge in [-0.05, 0) is 32.1 Å². The lowest BCUT2D eigenvalue weighted by atomic mass is 10.2. The molecule has 2 unspecified atom stereocenters. The molecule has 0 radical (unpaired) electrons. The number of thiazole rings is 1. The molecule has 2 atom stereocenters. The van der Waals surface area contributed by atoms with Crippen molar-refractivity contribution in [2.45, 2.75) is 50.3 Å². The zero-order valence-corrected chi connectivity index (χ0v) is 12.3. The van der Waals surface area contributed by atoms with Crippen molar-refractivity contribution in [1.82, 2.24) is 10.3 Å². The smallest absolute Gasteiger partial charge is 0.265 e. The van der Waals surface area contributed by atoms with E-state index in [0.717, 1.165) is 24.4 Å². The van der Waals surface area contributed by atoms with Gasteiger partial charge in [0, 0.05) is 13.2 Å². The first-order valence-corrected chi connectivity index (χ1v) is 7.85. The van der Waals surface area contributed by atoms with Crippen molar-refractivity contribution in [3.8, 4) is 0 Å². The Kier molecular flexibility index (Phi) is 3.80. The van der Waals surface area contributed by atoms with E-state index >= 15 is 0 Å². The van der Waals surface area contributed by atoms with Crippen molar-refractivity contribution < 1.29 is 9.53 Å². The van der Waals surface area contributed by atoms with E-state index in [0.29, 0.717) is 16.7 Å². The number of ether oxygens (including phenoxy) is 1. The van der Waals surface area contributed by atoms with Crippen LogP contribution in [0.15, 0.2) is 0 Å². The van der Waals surface area contributed by atoms with E-state index in [1.165, 1.54) is 24.2 Å². The van der Waals surface area contributed by atoms with Gasteiger partial charge in [0.1, 0.15) is 10.7 Å². The quantitative estimate of drug-likeness (QED) is 0.768. The van der Waals surface area contributed by atoms with Crippen molar-refractivity contribution in [3.63, 3.8) is 0 Å². The molecule has 2 saturated carbocycles. The lowest BCUT2D eigenvalue weighted by Gasteiger charge is -2.19. The van der Waals surface area contributed by atoms with Crippen molar-refractivity contribution >= 4 is 28.2 Å². The van der Waals surface area contributed by atoms with Crippen LogP contribution in [0.4, 0.5) is 10.9 Å². The number of methoxy groups -OCH3 is 1. The molecule has 3 rings (SSSR count). The molecule has 2 aliphatic rings. The molecule has 4 N–H and O–H groups in total. The largest absolute Gasteiger partial charge is 0.382 e. The summed E-state index contributed by atoms with van der Waals surface area (Å²) in [5, 5.41) is 7.03. The molecule has 0 saturated heterocycles. The SMILES string of the molecule is COC1CCCC1NC(=O)c1sc(NC2CC2)nc1N. The number of amides is 1. The standard InChI is InChI=1S/C13H20N4O2S/c1-19-9-4-2-3-8(9)16-12(18)10-11(14)17-13(20-10)15-7-5-6-7/h7-9H,2-6,14H2,1H3,(H,15,17)(H,16,18). The highest BCUT2D eigenvalue weighted by Gasteiger charge is 2.30. The van der Waals surface area contributed by atoms with E-state index in [4.69, 9.17) is 10.5 Å². The van der Waals surface area contributed by atoms with Crippen LogP contribution in [0.2, 0.25) is 0 Å². The van der Waals surface area contributed by atoms with E-state index in [-0.39, 0.29) is 18.1 Å². The fourth-order valence-electron chi connectivity index (χ4n) is 2.57. The summed E-state index contributed by atoms with van der Waals surface area (Å²) in [7, 11) is 1.69. The first-order chi connectivity index (χ1) is 9.67. The number of nitrogen functional groups attached to an aromatic ring is 1. The third-order valence-electron chi connectivity index (χ3n) is 3.84. The van der Waals surface area contributed by atoms with Gasteiger partial charge in [0.05, 0.1) is 12.1 Å². The second-order valence-electron chi connectivity index (χ2n) is 5.44. The highest BCUT2D eigenvalue weighted by atomic mass is 32.1. The minimum Gasteiger partial charge on any atom is -0.382 e. The molecule has 1 heterocycles. The molecule has 7 heteroatoms. The summed E-state index contributed by atoms with van der Waals surface area (Å²) in [4.78, 5) is 17.0. The highest BCUT2D eigenvalue weighted by molar-refractivity contribution is 7.18. The molecule has 0 spiro atoms. The summed E-state index contributed by atoms with van der Waals surface area (Å²) in [6.07, 6.45) is 5.47. The van der Waals surface area contributed by atoms with Gasteiger partial charge in [-0.25, -0.2) is 4.98 Å². The Morgan fingerprint density at radius 3 is 2.90 bits per heavy atom. The summed E-state index contributed by atoms with van der Waals surface area (Å²) in [5.41, 5.74) is 5.85. The molecule has 0 aromatic carbocycles. The fraction of sp³-hybridized carbons (Fsp3) is 0.692. The maximum Gasteiger partial charge on any atom is 0.265 e. The fourth-order valence-corrected chi connectivity index (χ4v) is 3.43. The molecule has 110 valence electrons. The maximum absolute atomic E-state index is 12.3. The topological polar surface area (TPSA) is 89.3 Å². The Bertz CT molecular complexity index is 501. The molecular weight excluding hydrogens is 276 g/mol. The molecule has 2 fully saturated rings. The monoisotopic (exact) mass is 296 g/mol. The second-order valence-corrected chi connectivity index (χ2v) is 6.44. The summed E-state index contributed by atoms with van der Waals surface area (Å²) in [5.74, 6) is 0.167. The van der Waals surface area contributed by atoms with Gasteiger partial charge in [-0.3, -0.25) is 4.79 Å². The molecule has 2 aliphatic carbocycles. The molecule has 1 aromatic heterocycles. The summed E-state index contributed by atoms with van der Waals surface area (Å²) in [6, 6.07) is 0.581. The predicted molar refractivity (Wildman–Crippen MR) is 79.1 cm³/mol. The normalized spacial score (nSPS) is 25.6. The van der Waals surface area contributed by atoms with Gasteiger partial charge in [0.25, 0.3) is 5.91 Å². The molecular formula is C13H20N4O2S. The van der Waals surface area contributed by atoms with Gasteiger partial charge in [-0.1, -0.05) is 11.3 Å². The third-order valence-corrected chi connectivity index (χ3v) is 4.84. The zero-order valence-electron chi connectivity index (χ0n) is 11.5. The van der Waals surface area contributed by atoms with Crippen LogP contribution in [-0.2, 0) is 4.74 Å². The molecule has 0 aliphatic heterocycles. The number of nitrogens with one attached hydrogen (secondary N) is 2. The lowest BCUT2D eigenvalue weighted by molar-refractivity contribution is 0.0725. The summed E-state index contributed by atoms with van der Waals surface area (Å²) >= 11 is 1.33. The van der Waals surface area contributed by atoms with E-state index in [9.17, 15) is 4.79 Å². The number of hydrogen-bond acceptors (Lipinski definition) is 6. The van der Waals surface area contributed by atoms with Gasteiger partial charge >= 0.3 is 0 Å². The van der Waals surface area contributed by atoms with Crippen LogP contribution in [-0.4, -0.2) is 36.2 Å². The second kappa shape index (κ2) is 5.57. The minimum atomic E-state index is -0.141. The Morgan fingerprint density at radius 1 is 1.40 bits per heavy atom. The average Bonchev–Trinajstić information content (AvgIpc) is 2.98. The number of anilines is 2. The van der Waals surface area contributed by atoms with Crippen LogP contribution in [0.25, 0.3) is 0 Å². The number of aromatic nitrogens is 1. The van der Waals surface area contributed by atoms with Crippen LogP contribution in [0.1, 0.15) is 41.8 Å². The van der Waals surface area contributed by atoms with Gasteiger partial charge in [-0.15, -0.1) is 0 Å². The van der Waals surface area contributed by atoms with Crippen molar-refractivity contribution in [2.75, 3.05) is 18.2 Å². The molecule has 20 heavy (non-hydrogen) atoms. The highest BCUT2D eigenvalue weighted by Crippen LogP contribution is 2.31. The van der Waals surface area contributed by atoms with Gasteiger partial charge in [0.2, 0.25) is 0 Å². The number of rotatable bonds is 5. The van der Waals surface area contributed by atoms with Crippen LogP contribution in [0.3, 0.4) is 0 Å². The number of carbonyl (C=O) groups excluding carboxylic acids is 1. The van der Waals surface area contributed by atoms with Gasteiger partial charge < -0.3 is 21.1 Å². The molecule has 1 aromatic rings. The predicted octanol–water partition coefficient (Wildman–Crippen LogP) is 1.60. The Hall–Kier alpha value is -1.34. The van der Waals surface area contributed by atoms with Crippen LogP contribution < -0.4 is 16.4 Å². The zero-order chi connectivity index (χ0) is 14.1. The first-order valence-electron chi connectivity index (χ1n) is 7.04. The molecule has 6 nitrogen and oxygen atoms in total. The van der Waals surface area contributed by atoms with Gasteiger partial charge in [0.15, 0.2) is 5.13 Å². The number of hydrogen-bond donors (Lipinski definition) is 3. The lowest BCUT2D eigenvalue weighted by Crippen LogP contribution is -2.40. The molecule has 0 bridgehead atoms. The van der Waals surface area contributed by atoms with Crippen LogP contribution in [0, 0.1) is 0 Å². The van der Waals surface area contributed by atoms with E-state index in [1.54, 1.807) is 7.11 Å².